The molecule has 4 nitrogen and oxygen atoms in total. The minimum atomic E-state index is -0.708. The minimum absolute atomic E-state index is 0.0483. The number of hydrogen-bond donors (Lipinski definition) is 1. The Bertz CT molecular complexity index is 644. The average molecular weight is 292 g/mol. The monoisotopic (exact) mass is 292 g/mol. The Morgan fingerprint density at radius 3 is 2.60 bits per heavy atom. The van der Waals surface area contributed by atoms with Crippen molar-refractivity contribution < 1.29 is 13.9 Å². The topological polar surface area (TPSA) is 65.2 Å². The Morgan fingerprint density at radius 1 is 1.35 bits per heavy atom. The second kappa shape index (κ2) is 5.92. The molecule has 0 radical (unpaired) electrons. The third-order valence-corrected chi connectivity index (χ3v) is 3.60. The number of pyridine rings is 1. The number of methoxy groups -OCH3 is 1. The predicted molar refractivity (Wildman–Crippen MR) is 75.2 cm³/mol. The Kier molecular flexibility index (Phi) is 4.24. The molecule has 0 aliphatic carbocycles. The van der Waals surface area contributed by atoms with Crippen LogP contribution in [0.4, 0.5) is 10.2 Å². The number of aryl methyl sites for hydroxylation is 1. The van der Waals surface area contributed by atoms with Gasteiger partial charge in [-0.2, -0.15) is 0 Å². The Balaban J connectivity index is 2.31. The van der Waals surface area contributed by atoms with Gasteiger partial charge in [0, 0.05) is 4.90 Å². The number of aromatic nitrogens is 1. The molecule has 6 heteroatoms. The molecule has 1 aromatic heterocycles. The van der Waals surface area contributed by atoms with Crippen LogP contribution >= 0.6 is 11.8 Å². The van der Waals surface area contributed by atoms with Crippen LogP contribution in [0.2, 0.25) is 0 Å². The van der Waals surface area contributed by atoms with E-state index in [0.717, 1.165) is 28.3 Å². The van der Waals surface area contributed by atoms with E-state index in [4.69, 9.17) is 5.73 Å². The number of rotatable bonds is 3. The SMILES string of the molecule is COC(=O)c1cc(F)c(Sc2ccc(C)cc2)nc1N. The van der Waals surface area contributed by atoms with Crippen molar-refractivity contribution in [3.8, 4) is 0 Å². The quantitative estimate of drug-likeness (QED) is 0.881. The standard InChI is InChI=1S/C14H13FN2O2S/c1-8-3-5-9(6-4-8)20-13-11(15)7-10(12(16)17-13)14(18)19-2/h3-7H,1-2H3,(H2,16,17). The molecular weight excluding hydrogens is 279 g/mol. The molecule has 0 aliphatic rings. The van der Waals surface area contributed by atoms with Crippen LogP contribution in [0.5, 0.6) is 0 Å². The average Bonchev–Trinajstić information content (AvgIpc) is 2.44. The lowest BCUT2D eigenvalue weighted by atomic mass is 10.2. The van der Waals surface area contributed by atoms with Crippen molar-refractivity contribution in [1.82, 2.24) is 4.98 Å². The zero-order chi connectivity index (χ0) is 14.7. The van der Waals surface area contributed by atoms with E-state index < -0.39 is 11.8 Å². The number of halogens is 1. The van der Waals surface area contributed by atoms with Crippen LogP contribution in [0.3, 0.4) is 0 Å². The van der Waals surface area contributed by atoms with Crippen LogP contribution in [0, 0.1) is 12.7 Å². The summed E-state index contributed by atoms with van der Waals surface area (Å²) in [7, 11) is 1.20. The number of anilines is 1. The molecule has 2 aromatic rings. The number of hydrogen-bond acceptors (Lipinski definition) is 5. The summed E-state index contributed by atoms with van der Waals surface area (Å²) in [4.78, 5) is 16.1. The molecule has 1 heterocycles. The molecule has 2 rings (SSSR count). The molecule has 1 aromatic carbocycles. The molecule has 2 N–H and O–H groups in total. The summed E-state index contributed by atoms with van der Waals surface area (Å²) in [5.74, 6) is -1.36. The van der Waals surface area contributed by atoms with Gasteiger partial charge in [0.1, 0.15) is 16.4 Å². The zero-order valence-corrected chi connectivity index (χ0v) is 11.8. The highest BCUT2D eigenvalue weighted by Crippen LogP contribution is 2.30. The zero-order valence-electron chi connectivity index (χ0n) is 11.0. The van der Waals surface area contributed by atoms with Gasteiger partial charge in [0.15, 0.2) is 5.82 Å². The number of nitrogens with two attached hydrogens (primary N) is 1. The molecule has 0 atom stereocenters. The fraction of sp³-hybridized carbons (Fsp3) is 0.143. The van der Waals surface area contributed by atoms with E-state index in [0.29, 0.717) is 0 Å². The molecule has 0 amide bonds. The Morgan fingerprint density at radius 2 is 2.00 bits per heavy atom. The van der Waals surface area contributed by atoms with Gasteiger partial charge in [0.05, 0.1) is 7.11 Å². The molecular formula is C14H13FN2O2S. The van der Waals surface area contributed by atoms with Crippen LogP contribution in [0.25, 0.3) is 0 Å². The fourth-order valence-electron chi connectivity index (χ4n) is 1.55. The van der Waals surface area contributed by atoms with Gasteiger partial charge in [0.2, 0.25) is 0 Å². The third-order valence-electron chi connectivity index (χ3n) is 2.61. The van der Waals surface area contributed by atoms with Crippen LogP contribution < -0.4 is 5.73 Å². The van der Waals surface area contributed by atoms with Gasteiger partial charge >= 0.3 is 5.97 Å². The number of carbonyl (C=O) groups is 1. The van der Waals surface area contributed by atoms with E-state index in [1.807, 2.05) is 31.2 Å². The molecule has 20 heavy (non-hydrogen) atoms. The lowest BCUT2D eigenvalue weighted by Gasteiger charge is -2.07. The summed E-state index contributed by atoms with van der Waals surface area (Å²) in [6.45, 7) is 1.97. The predicted octanol–water partition coefficient (Wildman–Crippen LogP) is 3.05. The summed E-state index contributed by atoms with van der Waals surface area (Å²) >= 11 is 1.15. The van der Waals surface area contributed by atoms with Gasteiger partial charge in [-0.05, 0) is 25.1 Å². The van der Waals surface area contributed by atoms with Crippen molar-refractivity contribution in [1.29, 1.82) is 0 Å². The number of benzene rings is 1. The van der Waals surface area contributed by atoms with Gasteiger partial charge in [-0.1, -0.05) is 29.5 Å². The highest BCUT2D eigenvalue weighted by molar-refractivity contribution is 7.99. The summed E-state index contributed by atoms with van der Waals surface area (Å²) in [6, 6.07) is 8.63. The normalized spacial score (nSPS) is 10.3. The third kappa shape index (κ3) is 3.08. The van der Waals surface area contributed by atoms with Crippen LogP contribution in [-0.2, 0) is 4.74 Å². The van der Waals surface area contributed by atoms with Crippen molar-refractivity contribution >= 4 is 23.5 Å². The maximum Gasteiger partial charge on any atom is 0.341 e. The first-order valence-electron chi connectivity index (χ1n) is 5.80. The molecule has 0 spiro atoms. The summed E-state index contributed by atoms with van der Waals surface area (Å²) < 4.78 is 18.5. The van der Waals surface area contributed by atoms with Crippen LogP contribution in [0.1, 0.15) is 15.9 Å². The van der Waals surface area contributed by atoms with Crippen LogP contribution in [-0.4, -0.2) is 18.1 Å². The first-order valence-corrected chi connectivity index (χ1v) is 6.61. The van der Waals surface area contributed by atoms with Crippen molar-refractivity contribution in [2.24, 2.45) is 0 Å². The smallest absolute Gasteiger partial charge is 0.341 e. The van der Waals surface area contributed by atoms with E-state index in [1.54, 1.807) is 0 Å². The van der Waals surface area contributed by atoms with E-state index in [2.05, 4.69) is 9.72 Å². The first-order chi connectivity index (χ1) is 9.51. The maximum absolute atomic E-state index is 13.9. The van der Waals surface area contributed by atoms with Crippen molar-refractivity contribution in [2.75, 3.05) is 12.8 Å². The number of nitrogen functional groups attached to an aromatic ring is 1. The molecule has 104 valence electrons. The summed E-state index contributed by atoms with van der Waals surface area (Å²) in [6.07, 6.45) is 0. The minimum Gasteiger partial charge on any atom is -0.465 e. The second-order valence-electron chi connectivity index (χ2n) is 4.11. The molecule has 0 bridgehead atoms. The fourth-order valence-corrected chi connectivity index (χ4v) is 2.34. The lowest BCUT2D eigenvalue weighted by molar-refractivity contribution is 0.0601. The maximum atomic E-state index is 13.9. The Labute approximate surface area is 120 Å². The number of carbonyl (C=O) groups excluding carboxylic acids is 1. The molecule has 0 fully saturated rings. The van der Waals surface area contributed by atoms with E-state index in [9.17, 15) is 9.18 Å². The summed E-state index contributed by atoms with van der Waals surface area (Å²) in [5.41, 5.74) is 6.70. The second-order valence-corrected chi connectivity index (χ2v) is 5.18. The molecule has 0 saturated heterocycles. The highest BCUT2D eigenvalue weighted by atomic mass is 32.2. The van der Waals surface area contributed by atoms with Gasteiger partial charge in [-0.15, -0.1) is 0 Å². The Hall–Kier alpha value is -2.08. The van der Waals surface area contributed by atoms with Gasteiger partial charge < -0.3 is 10.5 Å². The first kappa shape index (κ1) is 14.3. The number of ether oxygens (including phenoxy) is 1. The van der Waals surface area contributed by atoms with Gasteiger partial charge in [0.25, 0.3) is 0 Å². The molecule has 0 saturated carbocycles. The van der Waals surface area contributed by atoms with E-state index in [-0.39, 0.29) is 16.4 Å². The summed E-state index contributed by atoms with van der Waals surface area (Å²) in [5, 5.41) is 0.124. The molecule has 0 unspecified atom stereocenters. The van der Waals surface area contributed by atoms with Gasteiger partial charge in [-0.3, -0.25) is 0 Å². The van der Waals surface area contributed by atoms with Crippen molar-refractivity contribution in [3.63, 3.8) is 0 Å². The van der Waals surface area contributed by atoms with E-state index in [1.165, 1.54) is 7.11 Å². The number of nitrogens with zero attached hydrogens (tertiary/aromatic N) is 1. The van der Waals surface area contributed by atoms with Gasteiger partial charge in [-0.25, -0.2) is 14.2 Å². The van der Waals surface area contributed by atoms with Crippen molar-refractivity contribution in [2.45, 2.75) is 16.8 Å². The number of esters is 1. The molecule has 0 aliphatic heterocycles. The largest absolute Gasteiger partial charge is 0.465 e. The highest BCUT2D eigenvalue weighted by Gasteiger charge is 2.16. The van der Waals surface area contributed by atoms with E-state index >= 15 is 0 Å². The van der Waals surface area contributed by atoms with Crippen molar-refractivity contribution in [3.05, 3.63) is 47.3 Å². The van der Waals surface area contributed by atoms with Crippen LogP contribution in [0.15, 0.2) is 40.3 Å². The lowest BCUT2D eigenvalue weighted by Crippen LogP contribution is -2.09.